The molecule has 0 spiro atoms. The highest BCUT2D eigenvalue weighted by Gasteiger charge is 2.16. The molecule has 1 aromatic heterocycles. The quantitative estimate of drug-likeness (QED) is 0.494. The average Bonchev–Trinajstić information content (AvgIpc) is 3.14. The Morgan fingerprint density at radius 3 is 2.79 bits per heavy atom. The number of benzene rings is 2. The van der Waals surface area contributed by atoms with Crippen molar-refractivity contribution in [3.8, 4) is 11.5 Å². The van der Waals surface area contributed by atoms with Crippen LogP contribution in [0.2, 0.25) is 5.02 Å². The summed E-state index contributed by atoms with van der Waals surface area (Å²) in [6, 6.07) is 12.8. The number of carbonyl (C=O) groups is 1. The summed E-state index contributed by atoms with van der Waals surface area (Å²) >= 11 is 6.24. The minimum absolute atomic E-state index is 0.164. The first-order valence-corrected chi connectivity index (χ1v) is 9.70. The highest BCUT2D eigenvalue weighted by atomic mass is 35.5. The fraction of sp³-hybridized carbons (Fsp3) is 0.227. The van der Waals surface area contributed by atoms with Gasteiger partial charge in [0.1, 0.15) is 0 Å². The van der Waals surface area contributed by atoms with E-state index in [2.05, 4.69) is 29.4 Å². The number of fused-ring (bicyclic) bond motifs is 2. The number of rotatable bonds is 5. The number of halogens is 1. The van der Waals surface area contributed by atoms with Crippen LogP contribution >= 0.6 is 11.6 Å². The summed E-state index contributed by atoms with van der Waals surface area (Å²) in [5, 5.41) is 5.32. The van der Waals surface area contributed by atoms with Gasteiger partial charge in [-0.1, -0.05) is 43.6 Å². The van der Waals surface area contributed by atoms with Crippen LogP contribution in [0.3, 0.4) is 0 Å². The maximum absolute atomic E-state index is 12.8. The molecule has 29 heavy (non-hydrogen) atoms. The third-order valence-electron chi connectivity index (χ3n) is 4.49. The monoisotopic (exact) mass is 409 g/mol. The molecule has 1 amide bonds. The normalized spacial score (nSPS) is 12.8. The number of nitrogens with one attached hydrogen (secondary N) is 1. The predicted octanol–water partition coefficient (Wildman–Crippen LogP) is 4.58. The molecule has 0 aliphatic carbocycles. The van der Waals surface area contributed by atoms with E-state index >= 15 is 0 Å². The predicted molar refractivity (Wildman–Crippen MR) is 113 cm³/mol. The maximum Gasteiger partial charge on any atom is 0.272 e. The molecule has 7 heteroatoms. The molecule has 4 rings (SSSR count). The largest absolute Gasteiger partial charge is 0.454 e. The molecule has 1 aliphatic heterocycles. The lowest BCUT2D eigenvalue weighted by atomic mass is 10.0. The Morgan fingerprint density at radius 2 is 2.00 bits per heavy atom. The molecular formula is C22H20ClN3O3. The molecular weight excluding hydrogens is 390 g/mol. The first-order chi connectivity index (χ1) is 14.0. The smallest absolute Gasteiger partial charge is 0.272 e. The molecule has 1 aliphatic rings. The molecule has 2 aromatic carbocycles. The van der Waals surface area contributed by atoms with E-state index in [1.807, 2.05) is 30.3 Å². The zero-order valence-corrected chi connectivity index (χ0v) is 16.9. The summed E-state index contributed by atoms with van der Waals surface area (Å²) in [6.07, 6.45) is 2.28. The molecule has 0 unspecified atom stereocenters. The third-order valence-corrected chi connectivity index (χ3v) is 4.82. The Bertz CT molecular complexity index is 1110. The highest BCUT2D eigenvalue weighted by Crippen LogP contribution is 2.36. The van der Waals surface area contributed by atoms with Crippen molar-refractivity contribution in [2.45, 2.75) is 20.3 Å². The number of aromatic nitrogens is 1. The van der Waals surface area contributed by atoms with E-state index in [9.17, 15) is 4.79 Å². The second-order valence-corrected chi connectivity index (χ2v) is 7.61. The molecule has 2 heterocycles. The Labute approximate surface area is 173 Å². The fourth-order valence-corrected chi connectivity index (χ4v) is 3.40. The molecule has 0 bridgehead atoms. The summed E-state index contributed by atoms with van der Waals surface area (Å²) in [4.78, 5) is 17.5. The Balaban J connectivity index is 1.58. The molecule has 0 saturated heterocycles. The molecule has 0 saturated carbocycles. The Morgan fingerprint density at radius 1 is 1.24 bits per heavy atom. The van der Waals surface area contributed by atoms with Crippen LogP contribution in [0.25, 0.3) is 10.9 Å². The molecule has 0 radical (unpaired) electrons. The van der Waals surface area contributed by atoms with Gasteiger partial charge in [-0.05, 0) is 30.5 Å². The fourth-order valence-electron chi connectivity index (χ4n) is 3.19. The molecule has 0 fully saturated rings. The average molecular weight is 410 g/mol. The second-order valence-electron chi connectivity index (χ2n) is 7.20. The lowest BCUT2D eigenvalue weighted by molar-refractivity contribution is 0.0956. The second kappa shape index (κ2) is 8.09. The maximum atomic E-state index is 12.8. The van der Waals surface area contributed by atoms with E-state index in [4.69, 9.17) is 21.1 Å². The highest BCUT2D eigenvalue weighted by molar-refractivity contribution is 6.33. The van der Waals surface area contributed by atoms with Gasteiger partial charge in [0.2, 0.25) is 6.79 Å². The summed E-state index contributed by atoms with van der Waals surface area (Å²) in [6.45, 7) is 4.41. The first-order valence-electron chi connectivity index (χ1n) is 9.32. The number of hydrazone groups is 1. The van der Waals surface area contributed by atoms with E-state index < -0.39 is 0 Å². The SMILES string of the molecule is CC(C)Cc1cc(C(=O)N/N=C\c2cc3c(cc2Cl)OCO3)c2ccccc2n1. The van der Waals surface area contributed by atoms with E-state index in [1.54, 1.807) is 12.1 Å². The number of carbonyl (C=O) groups excluding carboxylic acids is 1. The molecule has 148 valence electrons. The van der Waals surface area contributed by atoms with E-state index in [0.717, 1.165) is 23.0 Å². The van der Waals surface area contributed by atoms with Crippen molar-refractivity contribution in [1.82, 2.24) is 10.4 Å². The number of nitrogens with zero attached hydrogens (tertiary/aromatic N) is 2. The molecule has 1 N–H and O–H groups in total. The molecule has 3 aromatic rings. The van der Waals surface area contributed by atoms with Crippen molar-refractivity contribution in [2.75, 3.05) is 6.79 Å². The van der Waals surface area contributed by atoms with Gasteiger partial charge in [0, 0.05) is 22.7 Å². The Hall–Kier alpha value is -3.12. The minimum Gasteiger partial charge on any atom is -0.454 e. The number of hydrogen-bond acceptors (Lipinski definition) is 5. The zero-order chi connectivity index (χ0) is 20.4. The van der Waals surface area contributed by atoms with Crippen LogP contribution < -0.4 is 14.9 Å². The number of amides is 1. The van der Waals surface area contributed by atoms with Gasteiger partial charge in [-0.25, -0.2) is 5.43 Å². The van der Waals surface area contributed by atoms with E-state index in [-0.39, 0.29) is 12.7 Å². The lowest BCUT2D eigenvalue weighted by Crippen LogP contribution is -2.19. The van der Waals surface area contributed by atoms with Gasteiger partial charge in [0.15, 0.2) is 11.5 Å². The first kappa shape index (κ1) is 19.2. The van der Waals surface area contributed by atoms with E-state index in [1.165, 1.54) is 6.21 Å². The van der Waals surface area contributed by atoms with Gasteiger partial charge in [0.05, 0.1) is 22.3 Å². The van der Waals surface area contributed by atoms with Crippen molar-refractivity contribution in [3.05, 3.63) is 64.3 Å². The van der Waals surface area contributed by atoms with Crippen molar-refractivity contribution < 1.29 is 14.3 Å². The number of hydrogen-bond donors (Lipinski definition) is 1. The number of pyridine rings is 1. The number of para-hydroxylation sites is 1. The summed E-state index contributed by atoms with van der Waals surface area (Å²) in [5.41, 5.74) is 5.42. The summed E-state index contributed by atoms with van der Waals surface area (Å²) < 4.78 is 10.6. The number of ether oxygens (including phenoxy) is 2. The molecule has 6 nitrogen and oxygen atoms in total. The van der Waals surface area contributed by atoms with Crippen molar-refractivity contribution in [2.24, 2.45) is 11.0 Å². The van der Waals surface area contributed by atoms with Crippen molar-refractivity contribution in [3.63, 3.8) is 0 Å². The minimum atomic E-state index is -0.304. The standard InChI is InChI=1S/C22H20ClN3O3/c1-13(2)7-15-9-17(16-5-3-4-6-19(16)25-15)22(27)26-24-11-14-8-20-21(10-18(14)23)29-12-28-20/h3-6,8-11,13H,7,12H2,1-2H3,(H,26,27)/b24-11-. The van der Waals surface area contributed by atoms with Crippen LogP contribution in [-0.2, 0) is 6.42 Å². The van der Waals surface area contributed by atoms with Crippen molar-refractivity contribution in [1.29, 1.82) is 0 Å². The van der Waals surface area contributed by atoms with E-state index in [0.29, 0.717) is 33.6 Å². The van der Waals surface area contributed by atoms with Gasteiger partial charge < -0.3 is 9.47 Å². The van der Waals surface area contributed by atoms with Crippen LogP contribution in [0.1, 0.15) is 35.5 Å². The van der Waals surface area contributed by atoms with Crippen LogP contribution in [0.4, 0.5) is 0 Å². The lowest BCUT2D eigenvalue weighted by Gasteiger charge is -2.10. The Kier molecular flexibility index (Phi) is 5.36. The van der Waals surface area contributed by atoms with Gasteiger partial charge in [-0.2, -0.15) is 5.10 Å². The summed E-state index contributed by atoms with van der Waals surface area (Å²) in [7, 11) is 0. The van der Waals surface area contributed by atoms with Gasteiger partial charge in [-0.3, -0.25) is 9.78 Å². The molecule has 0 atom stereocenters. The summed E-state index contributed by atoms with van der Waals surface area (Å²) in [5.74, 6) is 1.32. The third kappa shape index (κ3) is 4.17. The van der Waals surface area contributed by atoms with Crippen LogP contribution in [0.5, 0.6) is 11.5 Å². The topological polar surface area (TPSA) is 72.8 Å². The van der Waals surface area contributed by atoms with Gasteiger partial charge in [-0.15, -0.1) is 0 Å². The van der Waals surface area contributed by atoms with Crippen LogP contribution in [0, 0.1) is 5.92 Å². The van der Waals surface area contributed by atoms with Gasteiger partial charge in [0.25, 0.3) is 5.91 Å². The van der Waals surface area contributed by atoms with Crippen molar-refractivity contribution >= 4 is 34.6 Å². The zero-order valence-electron chi connectivity index (χ0n) is 16.1. The van der Waals surface area contributed by atoms with Gasteiger partial charge >= 0.3 is 0 Å². The van der Waals surface area contributed by atoms with Crippen LogP contribution in [0.15, 0.2) is 47.6 Å². The van der Waals surface area contributed by atoms with Crippen LogP contribution in [-0.4, -0.2) is 23.9 Å².